The number of allylic oxidation sites excluding steroid dienone is 1. The summed E-state index contributed by atoms with van der Waals surface area (Å²) in [5, 5.41) is 6.44. The number of hydrogen-bond acceptors (Lipinski definition) is 4. The van der Waals surface area contributed by atoms with E-state index in [9.17, 15) is 9.59 Å². The van der Waals surface area contributed by atoms with Crippen molar-refractivity contribution in [2.75, 3.05) is 13.2 Å². The summed E-state index contributed by atoms with van der Waals surface area (Å²) in [7, 11) is 0. The van der Waals surface area contributed by atoms with E-state index in [1.807, 2.05) is 50.3 Å². The number of hydrazone groups is 1. The first-order chi connectivity index (χ1) is 13.1. The first-order valence-corrected chi connectivity index (χ1v) is 8.65. The Kier molecular flexibility index (Phi) is 7.78. The number of nitrogens with zero attached hydrogens (tertiary/aromatic N) is 1. The largest absolute Gasteiger partial charge is 0.494 e. The molecule has 0 bridgehead atoms. The number of carbonyl (C=O) groups is 2. The van der Waals surface area contributed by atoms with E-state index >= 15 is 0 Å². The second-order valence-corrected chi connectivity index (χ2v) is 5.73. The SMILES string of the molecule is CCOc1ccc(C(=O)NCC(=O)NN=CC(C)=Cc2ccccc2)cc1. The molecule has 27 heavy (non-hydrogen) atoms. The van der Waals surface area contributed by atoms with E-state index in [0.717, 1.165) is 11.1 Å². The Bertz CT molecular complexity index is 812. The summed E-state index contributed by atoms with van der Waals surface area (Å²) in [6.07, 6.45) is 3.50. The molecule has 0 atom stereocenters. The van der Waals surface area contributed by atoms with E-state index in [1.165, 1.54) is 0 Å². The second kappa shape index (κ2) is 10.6. The number of rotatable bonds is 8. The standard InChI is InChI=1S/C21H23N3O3/c1-3-27-19-11-9-18(10-12-19)21(26)22-15-20(25)24-23-14-16(2)13-17-7-5-4-6-8-17/h4-14H,3,15H2,1-2H3,(H,22,26)(H,24,25). The lowest BCUT2D eigenvalue weighted by Gasteiger charge is -2.06. The van der Waals surface area contributed by atoms with Gasteiger partial charge in [-0.25, -0.2) is 5.43 Å². The molecule has 0 unspecified atom stereocenters. The summed E-state index contributed by atoms with van der Waals surface area (Å²) in [5.41, 5.74) is 4.78. The summed E-state index contributed by atoms with van der Waals surface area (Å²) in [5.74, 6) is -0.0459. The normalized spacial score (nSPS) is 11.3. The maximum Gasteiger partial charge on any atom is 0.259 e. The van der Waals surface area contributed by atoms with Crippen LogP contribution in [0.5, 0.6) is 5.75 Å². The monoisotopic (exact) mass is 365 g/mol. The van der Waals surface area contributed by atoms with E-state index in [-0.39, 0.29) is 12.5 Å². The molecular weight excluding hydrogens is 342 g/mol. The molecular formula is C21H23N3O3. The third-order valence-electron chi connectivity index (χ3n) is 3.49. The molecule has 0 saturated heterocycles. The van der Waals surface area contributed by atoms with Gasteiger partial charge >= 0.3 is 0 Å². The minimum Gasteiger partial charge on any atom is -0.494 e. The number of benzene rings is 2. The average molecular weight is 365 g/mol. The minimum atomic E-state index is -0.405. The van der Waals surface area contributed by atoms with E-state index in [1.54, 1.807) is 30.5 Å². The van der Waals surface area contributed by atoms with Crippen LogP contribution in [0.1, 0.15) is 29.8 Å². The van der Waals surface area contributed by atoms with Gasteiger partial charge in [-0.2, -0.15) is 5.10 Å². The van der Waals surface area contributed by atoms with Crippen LogP contribution >= 0.6 is 0 Å². The molecule has 140 valence electrons. The molecule has 2 aromatic carbocycles. The lowest BCUT2D eigenvalue weighted by molar-refractivity contribution is -0.120. The minimum absolute atomic E-state index is 0.162. The first-order valence-electron chi connectivity index (χ1n) is 8.65. The predicted molar refractivity (Wildman–Crippen MR) is 107 cm³/mol. The number of hydrogen-bond donors (Lipinski definition) is 2. The Balaban J connectivity index is 1.76. The van der Waals surface area contributed by atoms with E-state index in [2.05, 4.69) is 15.8 Å². The van der Waals surface area contributed by atoms with Gasteiger partial charge in [0.05, 0.1) is 19.4 Å². The first kappa shape index (κ1) is 19.9. The van der Waals surface area contributed by atoms with Gasteiger partial charge in [0.1, 0.15) is 5.75 Å². The highest BCUT2D eigenvalue weighted by Crippen LogP contribution is 2.11. The molecule has 0 heterocycles. The van der Waals surface area contributed by atoms with Gasteiger partial charge in [-0.15, -0.1) is 0 Å². The smallest absolute Gasteiger partial charge is 0.259 e. The molecule has 0 fully saturated rings. The van der Waals surface area contributed by atoms with Crippen LogP contribution in [0.2, 0.25) is 0 Å². The molecule has 0 aromatic heterocycles. The van der Waals surface area contributed by atoms with E-state index < -0.39 is 5.91 Å². The summed E-state index contributed by atoms with van der Waals surface area (Å²) < 4.78 is 5.32. The molecule has 2 amide bonds. The fourth-order valence-electron chi connectivity index (χ4n) is 2.23. The molecule has 0 aliphatic carbocycles. The van der Waals surface area contributed by atoms with Crippen molar-refractivity contribution in [2.24, 2.45) is 5.10 Å². The van der Waals surface area contributed by atoms with Gasteiger partial charge in [-0.05, 0) is 49.2 Å². The fraction of sp³-hybridized carbons (Fsp3) is 0.190. The zero-order chi connectivity index (χ0) is 19.5. The van der Waals surface area contributed by atoms with Gasteiger partial charge in [0.15, 0.2) is 0 Å². The predicted octanol–water partition coefficient (Wildman–Crippen LogP) is 3.02. The highest BCUT2D eigenvalue weighted by atomic mass is 16.5. The number of carbonyl (C=O) groups excluding carboxylic acids is 2. The van der Waals surface area contributed by atoms with Crippen molar-refractivity contribution in [2.45, 2.75) is 13.8 Å². The van der Waals surface area contributed by atoms with Gasteiger partial charge in [-0.1, -0.05) is 36.4 Å². The van der Waals surface area contributed by atoms with Crippen molar-refractivity contribution in [3.63, 3.8) is 0 Å². The van der Waals surface area contributed by atoms with Crippen molar-refractivity contribution in [1.29, 1.82) is 0 Å². The quantitative estimate of drug-likeness (QED) is 0.557. The number of amides is 2. The Morgan fingerprint density at radius 3 is 2.44 bits per heavy atom. The van der Waals surface area contributed by atoms with Crippen LogP contribution in [0.15, 0.2) is 65.3 Å². The average Bonchev–Trinajstić information content (AvgIpc) is 2.68. The third kappa shape index (κ3) is 7.15. The molecule has 0 aliphatic heterocycles. The Morgan fingerprint density at radius 2 is 1.78 bits per heavy atom. The highest BCUT2D eigenvalue weighted by Gasteiger charge is 2.07. The van der Waals surface area contributed by atoms with Crippen LogP contribution < -0.4 is 15.5 Å². The van der Waals surface area contributed by atoms with Crippen LogP contribution in [0.25, 0.3) is 6.08 Å². The molecule has 0 saturated carbocycles. The molecule has 2 rings (SSSR count). The van der Waals surface area contributed by atoms with Crippen molar-refractivity contribution in [3.05, 3.63) is 71.3 Å². The second-order valence-electron chi connectivity index (χ2n) is 5.73. The lowest BCUT2D eigenvalue weighted by atomic mass is 10.1. The van der Waals surface area contributed by atoms with Crippen molar-refractivity contribution >= 4 is 24.1 Å². The Labute approximate surface area is 158 Å². The maximum atomic E-state index is 12.0. The molecule has 6 heteroatoms. The molecule has 2 aromatic rings. The van der Waals surface area contributed by atoms with E-state index in [0.29, 0.717) is 17.9 Å². The molecule has 2 N–H and O–H groups in total. The Morgan fingerprint density at radius 1 is 1.07 bits per heavy atom. The van der Waals surface area contributed by atoms with Crippen molar-refractivity contribution < 1.29 is 14.3 Å². The third-order valence-corrected chi connectivity index (χ3v) is 3.49. The van der Waals surface area contributed by atoms with Crippen molar-refractivity contribution in [3.8, 4) is 5.75 Å². The van der Waals surface area contributed by atoms with Crippen molar-refractivity contribution in [1.82, 2.24) is 10.7 Å². The summed E-state index contributed by atoms with van der Waals surface area (Å²) >= 11 is 0. The molecule has 0 radical (unpaired) electrons. The van der Waals surface area contributed by atoms with Crippen LogP contribution in [-0.4, -0.2) is 31.2 Å². The summed E-state index contributed by atoms with van der Waals surface area (Å²) in [6, 6.07) is 16.5. The van der Waals surface area contributed by atoms with Gasteiger partial charge in [-0.3, -0.25) is 9.59 Å². The maximum absolute atomic E-state index is 12.0. The summed E-state index contributed by atoms with van der Waals surface area (Å²) in [4.78, 5) is 23.8. The summed E-state index contributed by atoms with van der Waals surface area (Å²) in [6.45, 7) is 4.17. The zero-order valence-corrected chi connectivity index (χ0v) is 15.4. The molecule has 0 spiro atoms. The van der Waals surface area contributed by atoms with Crippen LogP contribution in [0.4, 0.5) is 0 Å². The lowest BCUT2D eigenvalue weighted by Crippen LogP contribution is -2.34. The zero-order valence-electron chi connectivity index (χ0n) is 15.4. The fourth-order valence-corrected chi connectivity index (χ4v) is 2.23. The number of ether oxygens (including phenoxy) is 1. The topological polar surface area (TPSA) is 79.8 Å². The molecule has 0 aliphatic rings. The highest BCUT2D eigenvalue weighted by molar-refractivity contribution is 5.96. The Hall–Kier alpha value is -3.41. The van der Waals surface area contributed by atoms with E-state index in [4.69, 9.17) is 4.74 Å². The van der Waals surface area contributed by atoms with Crippen LogP contribution in [0, 0.1) is 0 Å². The van der Waals surface area contributed by atoms with Gasteiger partial charge in [0, 0.05) is 5.56 Å². The van der Waals surface area contributed by atoms with Gasteiger partial charge in [0.2, 0.25) is 0 Å². The van der Waals surface area contributed by atoms with Crippen LogP contribution in [-0.2, 0) is 4.79 Å². The molecule has 6 nitrogen and oxygen atoms in total. The van der Waals surface area contributed by atoms with Gasteiger partial charge < -0.3 is 10.1 Å². The van der Waals surface area contributed by atoms with Gasteiger partial charge in [0.25, 0.3) is 11.8 Å². The van der Waals surface area contributed by atoms with Crippen LogP contribution in [0.3, 0.4) is 0 Å². The number of nitrogens with one attached hydrogen (secondary N) is 2.